The van der Waals surface area contributed by atoms with Crippen LogP contribution in [0.2, 0.25) is 0 Å². The molecule has 138 valence electrons. The van der Waals surface area contributed by atoms with Gasteiger partial charge in [-0.15, -0.1) is 11.8 Å². The molecule has 1 aliphatic heterocycles. The minimum absolute atomic E-state index is 0.219. The highest BCUT2D eigenvalue weighted by molar-refractivity contribution is 8.02. The fourth-order valence-corrected chi connectivity index (χ4v) is 3.67. The Labute approximate surface area is 160 Å². The van der Waals surface area contributed by atoms with Gasteiger partial charge in [-0.1, -0.05) is 38.1 Å². The molecule has 1 aromatic rings. The second kappa shape index (κ2) is 8.46. The zero-order valence-corrected chi connectivity index (χ0v) is 17.0. The Morgan fingerprint density at radius 1 is 1.23 bits per heavy atom. The van der Waals surface area contributed by atoms with E-state index in [9.17, 15) is 10.1 Å². The number of nitriles is 1. The van der Waals surface area contributed by atoms with Gasteiger partial charge in [0.05, 0.1) is 34.3 Å². The smallest absolute Gasteiger partial charge is 0.337 e. The van der Waals surface area contributed by atoms with E-state index in [1.807, 2.05) is 39.2 Å². The lowest BCUT2D eigenvalue weighted by atomic mass is 9.82. The van der Waals surface area contributed by atoms with E-state index in [1.54, 1.807) is 0 Å². The van der Waals surface area contributed by atoms with Crippen LogP contribution < -0.4 is 5.32 Å². The monoisotopic (exact) mass is 370 g/mol. The molecule has 0 spiro atoms. The first-order valence-corrected chi connectivity index (χ1v) is 9.99. The summed E-state index contributed by atoms with van der Waals surface area (Å²) in [4.78, 5) is 12.8. The maximum Gasteiger partial charge on any atom is 0.337 e. The molecular weight excluding hydrogens is 344 g/mol. The molecule has 5 heteroatoms. The van der Waals surface area contributed by atoms with E-state index >= 15 is 0 Å². The van der Waals surface area contributed by atoms with Crippen molar-refractivity contribution in [2.75, 3.05) is 6.26 Å². The second-order valence-electron chi connectivity index (χ2n) is 6.93. The summed E-state index contributed by atoms with van der Waals surface area (Å²) < 4.78 is 5.46. The number of hydrogen-bond donors (Lipinski definition) is 1. The largest absolute Gasteiger partial charge is 0.460 e. The number of nitrogens with one attached hydrogen (secondary N) is 1. The van der Waals surface area contributed by atoms with Crippen LogP contribution in [0.4, 0.5) is 0 Å². The van der Waals surface area contributed by atoms with Crippen LogP contribution in [-0.2, 0) is 9.53 Å². The van der Waals surface area contributed by atoms with Crippen molar-refractivity contribution >= 4 is 17.7 Å². The second-order valence-corrected chi connectivity index (χ2v) is 7.75. The van der Waals surface area contributed by atoms with Crippen molar-refractivity contribution in [3.8, 4) is 6.07 Å². The molecule has 0 amide bonds. The van der Waals surface area contributed by atoms with Gasteiger partial charge in [0.25, 0.3) is 0 Å². The van der Waals surface area contributed by atoms with Gasteiger partial charge in [0.1, 0.15) is 0 Å². The zero-order valence-electron chi connectivity index (χ0n) is 16.2. The molecule has 1 aliphatic rings. The Morgan fingerprint density at radius 2 is 1.85 bits per heavy atom. The van der Waals surface area contributed by atoms with Crippen LogP contribution >= 0.6 is 11.8 Å². The van der Waals surface area contributed by atoms with Gasteiger partial charge in [-0.25, -0.2) is 4.79 Å². The average molecular weight is 371 g/mol. The lowest BCUT2D eigenvalue weighted by Crippen LogP contribution is -2.29. The number of carbonyl (C=O) groups excluding carboxylic acids is 1. The summed E-state index contributed by atoms with van der Waals surface area (Å²) in [6.45, 7) is 9.79. The van der Waals surface area contributed by atoms with E-state index in [2.05, 4.69) is 37.4 Å². The zero-order chi connectivity index (χ0) is 19.4. The fraction of sp³-hybridized carbons (Fsp3) is 0.429. The number of benzene rings is 1. The number of dihydropyridines is 1. The topological polar surface area (TPSA) is 62.1 Å². The molecule has 0 aromatic heterocycles. The first kappa shape index (κ1) is 20.1. The number of thioether (sulfide) groups is 1. The lowest BCUT2D eigenvalue weighted by Gasteiger charge is -2.29. The molecule has 1 heterocycles. The minimum atomic E-state index is -0.420. The van der Waals surface area contributed by atoms with E-state index in [0.29, 0.717) is 17.1 Å². The van der Waals surface area contributed by atoms with Crippen molar-refractivity contribution < 1.29 is 9.53 Å². The lowest BCUT2D eigenvalue weighted by molar-refractivity contribution is -0.143. The molecule has 0 unspecified atom stereocenters. The van der Waals surface area contributed by atoms with Gasteiger partial charge >= 0.3 is 5.97 Å². The molecule has 0 fully saturated rings. The van der Waals surface area contributed by atoms with Gasteiger partial charge in [0.15, 0.2) is 0 Å². The quantitative estimate of drug-likeness (QED) is 0.753. The molecule has 0 saturated carbocycles. The summed E-state index contributed by atoms with van der Waals surface area (Å²) in [5.74, 6) is -0.375. The highest BCUT2D eigenvalue weighted by Gasteiger charge is 2.35. The third-order valence-corrected chi connectivity index (χ3v) is 5.08. The summed E-state index contributed by atoms with van der Waals surface area (Å²) in [7, 11) is 0. The summed E-state index contributed by atoms with van der Waals surface area (Å²) in [6, 6.07) is 10.5. The molecule has 26 heavy (non-hydrogen) atoms. The molecule has 0 bridgehead atoms. The van der Waals surface area contributed by atoms with Gasteiger partial charge in [-0.05, 0) is 44.1 Å². The van der Waals surface area contributed by atoms with E-state index in [-0.39, 0.29) is 12.1 Å². The van der Waals surface area contributed by atoms with Crippen molar-refractivity contribution in [2.45, 2.75) is 52.6 Å². The Hall–Kier alpha value is -2.19. The SMILES string of the molecule is CSC1=C(C#N)[C@H](c2ccc(C(C)C)cc2)C(C(=O)OC(C)C)=C(C)N1. The van der Waals surface area contributed by atoms with Crippen molar-refractivity contribution in [1.29, 1.82) is 5.26 Å². The van der Waals surface area contributed by atoms with Crippen LogP contribution in [0.5, 0.6) is 0 Å². The molecular formula is C21H26N2O2S. The molecule has 0 saturated heterocycles. The maximum absolute atomic E-state index is 12.8. The number of hydrogen-bond acceptors (Lipinski definition) is 5. The number of rotatable bonds is 5. The van der Waals surface area contributed by atoms with Crippen molar-refractivity contribution in [2.24, 2.45) is 0 Å². The molecule has 4 nitrogen and oxygen atoms in total. The maximum atomic E-state index is 12.8. The Bertz CT molecular complexity index is 783. The average Bonchev–Trinajstić information content (AvgIpc) is 2.59. The van der Waals surface area contributed by atoms with E-state index < -0.39 is 5.92 Å². The molecule has 2 rings (SSSR count). The Balaban J connectivity index is 2.58. The number of nitrogens with zero attached hydrogens (tertiary/aromatic N) is 1. The molecule has 1 N–H and O–H groups in total. The minimum Gasteiger partial charge on any atom is -0.460 e. The summed E-state index contributed by atoms with van der Waals surface area (Å²) in [5, 5.41) is 13.8. The van der Waals surface area contributed by atoms with Gasteiger partial charge in [-0.2, -0.15) is 5.26 Å². The van der Waals surface area contributed by atoms with E-state index in [1.165, 1.54) is 17.3 Å². The van der Waals surface area contributed by atoms with Crippen molar-refractivity contribution in [3.05, 3.63) is 57.3 Å². The predicted molar refractivity (Wildman–Crippen MR) is 106 cm³/mol. The Kier molecular flexibility index (Phi) is 6.55. The molecule has 0 radical (unpaired) electrons. The van der Waals surface area contributed by atoms with Gasteiger partial charge in [0.2, 0.25) is 0 Å². The first-order chi connectivity index (χ1) is 12.3. The number of ether oxygens (including phenoxy) is 1. The molecule has 0 aliphatic carbocycles. The van der Waals surface area contributed by atoms with Crippen molar-refractivity contribution in [1.82, 2.24) is 5.32 Å². The van der Waals surface area contributed by atoms with E-state index in [0.717, 1.165) is 16.3 Å². The standard InChI is InChI=1S/C21H26N2O2S/c1-12(2)15-7-9-16(10-8-15)19-17(11-22)20(26-6)23-14(5)18(19)21(24)25-13(3)4/h7-10,12-13,19,23H,1-6H3/t19-/m0/s1. The summed E-state index contributed by atoms with van der Waals surface area (Å²) in [6.07, 6.45) is 1.70. The van der Waals surface area contributed by atoms with Crippen molar-refractivity contribution in [3.63, 3.8) is 0 Å². The summed E-state index contributed by atoms with van der Waals surface area (Å²) >= 11 is 1.48. The third-order valence-electron chi connectivity index (χ3n) is 4.35. The number of allylic oxidation sites excluding steroid dienone is 2. The summed E-state index contributed by atoms with van der Waals surface area (Å²) in [5.41, 5.74) is 3.94. The van der Waals surface area contributed by atoms with Gasteiger partial charge in [0, 0.05) is 5.70 Å². The first-order valence-electron chi connectivity index (χ1n) is 8.77. The highest BCUT2D eigenvalue weighted by Crippen LogP contribution is 2.40. The van der Waals surface area contributed by atoms with Crippen LogP contribution in [0, 0.1) is 11.3 Å². The van der Waals surface area contributed by atoms with Crippen LogP contribution in [0.3, 0.4) is 0 Å². The number of esters is 1. The van der Waals surface area contributed by atoms with E-state index in [4.69, 9.17) is 4.74 Å². The molecule has 1 atom stereocenters. The highest BCUT2D eigenvalue weighted by atomic mass is 32.2. The van der Waals surface area contributed by atoms with Crippen LogP contribution in [0.15, 0.2) is 46.1 Å². The molecule has 1 aromatic carbocycles. The third kappa shape index (κ3) is 4.13. The van der Waals surface area contributed by atoms with Crippen LogP contribution in [-0.4, -0.2) is 18.3 Å². The van der Waals surface area contributed by atoms with Gasteiger partial charge in [-0.3, -0.25) is 0 Å². The predicted octanol–water partition coefficient (Wildman–Crippen LogP) is 4.82. The van der Waals surface area contributed by atoms with Crippen LogP contribution in [0.25, 0.3) is 0 Å². The van der Waals surface area contributed by atoms with Gasteiger partial charge < -0.3 is 10.1 Å². The number of carbonyl (C=O) groups is 1. The van der Waals surface area contributed by atoms with Crippen LogP contribution in [0.1, 0.15) is 57.6 Å². The Morgan fingerprint density at radius 3 is 2.31 bits per heavy atom. The normalized spacial score (nSPS) is 17.4. The fourth-order valence-electron chi connectivity index (χ4n) is 3.03.